The van der Waals surface area contributed by atoms with Gasteiger partial charge in [0.2, 0.25) is 0 Å². The fourth-order valence-corrected chi connectivity index (χ4v) is 3.03. The molecule has 2 heterocycles. The molecule has 0 saturated carbocycles. The van der Waals surface area contributed by atoms with Crippen LogP contribution < -0.4 is 5.56 Å². The van der Waals surface area contributed by atoms with E-state index in [1.165, 1.54) is 0 Å². The van der Waals surface area contributed by atoms with Crippen LogP contribution in [0.1, 0.15) is 42.2 Å². The number of carbonyl (C=O) groups excluding carboxylic acids is 1. The number of pyridine rings is 1. The van der Waals surface area contributed by atoms with Crippen molar-refractivity contribution in [2.24, 2.45) is 0 Å². The molecule has 0 radical (unpaired) electrons. The first-order valence-electron chi connectivity index (χ1n) is 7.12. The summed E-state index contributed by atoms with van der Waals surface area (Å²) in [5.41, 5.74) is 1.01. The van der Waals surface area contributed by atoms with Crippen molar-refractivity contribution >= 4 is 16.9 Å². The molecular formula is C16H17NO4. The smallest absolute Gasteiger partial charge is 0.347 e. The van der Waals surface area contributed by atoms with Crippen molar-refractivity contribution in [3.05, 3.63) is 39.7 Å². The predicted molar refractivity (Wildman–Crippen MR) is 78.9 cm³/mol. The van der Waals surface area contributed by atoms with Gasteiger partial charge in [0.1, 0.15) is 5.75 Å². The maximum absolute atomic E-state index is 12.6. The minimum Gasteiger partial charge on any atom is -0.506 e. The molecular weight excluding hydrogens is 270 g/mol. The zero-order valence-electron chi connectivity index (χ0n) is 12.0. The van der Waals surface area contributed by atoms with Gasteiger partial charge in [-0.1, -0.05) is 12.1 Å². The van der Waals surface area contributed by atoms with Crippen molar-refractivity contribution in [1.82, 2.24) is 4.57 Å². The van der Waals surface area contributed by atoms with E-state index in [0.717, 1.165) is 23.9 Å². The van der Waals surface area contributed by atoms with E-state index in [4.69, 9.17) is 4.74 Å². The lowest BCUT2D eigenvalue weighted by Gasteiger charge is -2.26. The molecule has 0 bridgehead atoms. The Morgan fingerprint density at radius 2 is 2.24 bits per heavy atom. The Morgan fingerprint density at radius 3 is 2.95 bits per heavy atom. The molecule has 1 aromatic heterocycles. The molecule has 1 unspecified atom stereocenters. The lowest BCUT2D eigenvalue weighted by Crippen LogP contribution is -2.32. The van der Waals surface area contributed by atoms with Gasteiger partial charge in [-0.25, -0.2) is 4.79 Å². The van der Waals surface area contributed by atoms with Crippen LogP contribution in [-0.2, 0) is 11.2 Å². The molecule has 5 heteroatoms. The van der Waals surface area contributed by atoms with Gasteiger partial charge in [-0.05, 0) is 38.3 Å². The van der Waals surface area contributed by atoms with Crippen LogP contribution in [0.4, 0.5) is 0 Å². The fourth-order valence-electron chi connectivity index (χ4n) is 3.03. The van der Waals surface area contributed by atoms with E-state index in [-0.39, 0.29) is 24.0 Å². The minimum absolute atomic E-state index is 0.0105. The third kappa shape index (κ3) is 1.92. The number of ether oxygens (including phenoxy) is 1. The van der Waals surface area contributed by atoms with Crippen LogP contribution in [0.15, 0.2) is 23.0 Å². The first kappa shape index (κ1) is 13.7. The van der Waals surface area contributed by atoms with E-state index >= 15 is 0 Å². The molecule has 110 valence electrons. The number of rotatable bonds is 2. The highest BCUT2D eigenvalue weighted by atomic mass is 16.5. The van der Waals surface area contributed by atoms with Crippen LogP contribution >= 0.6 is 0 Å². The van der Waals surface area contributed by atoms with Gasteiger partial charge >= 0.3 is 5.97 Å². The van der Waals surface area contributed by atoms with Crippen molar-refractivity contribution in [2.75, 3.05) is 6.61 Å². The van der Waals surface area contributed by atoms with Crippen molar-refractivity contribution in [3.8, 4) is 5.75 Å². The predicted octanol–water partition coefficient (Wildman–Crippen LogP) is 2.39. The molecule has 0 saturated heterocycles. The van der Waals surface area contributed by atoms with E-state index in [0.29, 0.717) is 5.39 Å². The second kappa shape index (κ2) is 4.91. The quantitative estimate of drug-likeness (QED) is 0.861. The van der Waals surface area contributed by atoms with E-state index in [9.17, 15) is 14.7 Å². The monoisotopic (exact) mass is 287 g/mol. The summed E-state index contributed by atoms with van der Waals surface area (Å²) < 4.78 is 6.52. The van der Waals surface area contributed by atoms with Gasteiger partial charge in [0, 0.05) is 11.4 Å². The van der Waals surface area contributed by atoms with Crippen LogP contribution in [0.3, 0.4) is 0 Å². The molecule has 0 fully saturated rings. The lowest BCUT2D eigenvalue weighted by molar-refractivity contribution is 0.0520. The molecule has 2 aromatic rings. The number of nitrogens with zero attached hydrogens (tertiary/aromatic N) is 1. The first-order valence-corrected chi connectivity index (χ1v) is 7.12. The van der Waals surface area contributed by atoms with E-state index in [1.807, 2.05) is 19.1 Å². The standard InChI is InChI=1S/C16H17NO4/c1-3-21-16(20)12-14(18)11-6-4-5-10-8-7-9(2)17(13(10)11)15(12)19/h4-6,9,18H,3,7-8H2,1-2H3. The Bertz CT molecular complexity index is 791. The average molecular weight is 287 g/mol. The first-order chi connectivity index (χ1) is 10.1. The number of hydrogen-bond donors (Lipinski definition) is 1. The van der Waals surface area contributed by atoms with Crippen molar-refractivity contribution < 1.29 is 14.6 Å². The molecule has 1 N–H and O–H groups in total. The molecule has 0 spiro atoms. The summed E-state index contributed by atoms with van der Waals surface area (Å²) in [5, 5.41) is 10.9. The summed E-state index contributed by atoms with van der Waals surface area (Å²) >= 11 is 0. The Morgan fingerprint density at radius 1 is 1.48 bits per heavy atom. The Labute approximate surface area is 121 Å². The molecule has 3 rings (SSSR count). The number of esters is 1. The zero-order chi connectivity index (χ0) is 15.1. The molecule has 21 heavy (non-hydrogen) atoms. The molecule has 1 atom stereocenters. The molecule has 1 aliphatic heterocycles. The van der Waals surface area contributed by atoms with Gasteiger partial charge in [-0.3, -0.25) is 4.79 Å². The summed E-state index contributed by atoms with van der Waals surface area (Å²) in [6.45, 7) is 3.77. The van der Waals surface area contributed by atoms with Gasteiger partial charge in [-0.15, -0.1) is 0 Å². The van der Waals surface area contributed by atoms with Gasteiger partial charge in [0.05, 0.1) is 12.1 Å². The highest BCUT2D eigenvalue weighted by molar-refractivity contribution is 6.00. The Kier molecular flexibility index (Phi) is 3.20. The van der Waals surface area contributed by atoms with Gasteiger partial charge in [-0.2, -0.15) is 0 Å². The summed E-state index contributed by atoms with van der Waals surface area (Å²) in [7, 11) is 0. The van der Waals surface area contributed by atoms with Crippen LogP contribution in [0, 0.1) is 0 Å². The molecule has 5 nitrogen and oxygen atoms in total. The highest BCUT2D eigenvalue weighted by Gasteiger charge is 2.28. The van der Waals surface area contributed by atoms with Gasteiger partial charge < -0.3 is 14.4 Å². The van der Waals surface area contributed by atoms with Gasteiger partial charge in [0.15, 0.2) is 5.56 Å². The van der Waals surface area contributed by atoms with Crippen LogP contribution in [0.5, 0.6) is 5.75 Å². The molecule has 1 aromatic carbocycles. The third-order valence-electron chi connectivity index (χ3n) is 4.04. The topological polar surface area (TPSA) is 68.5 Å². The summed E-state index contributed by atoms with van der Waals surface area (Å²) in [6.07, 6.45) is 1.69. The highest BCUT2D eigenvalue weighted by Crippen LogP contribution is 2.34. The maximum Gasteiger partial charge on any atom is 0.347 e. The van der Waals surface area contributed by atoms with Crippen LogP contribution in [0.2, 0.25) is 0 Å². The summed E-state index contributed by atoms with van der Waals surface area (Å²) in [5.74, 6) is -1.05. The Balaban J connectivity index is 2.43. The largest absolute Gasteiger partial charge is 0.506 e. The van der Waals surface area contributed by atoms with Gasteiger partial charge in [0.25, 0.3) is 5.56 Å². The number of benzene rings is 1. The second-order valence-electron chi connectivity index (χ2n) is 5.32. The van der Waals surface area contributed by atoms with Crippen molar-refractivity contribution in [2.45, 2.75) is 32.7 Å². The number of aromatic nitrogens is 1. The zero-order valence-corrected chi connectivity index (χ0v) is 12.0. The fraction of sp³-hybridized carbons (Fsp3) is 0.375. The third-order valence-corrected chi connectivity index (χ3v) is 4.04. The molecule has 1 aliphatic rings. The molecule has 0 amide bonds. The van der Waals surface area contributed by atoms with E-state index < -0.39 is 11.5 Å². The number of carbonyl (C=O) groups is 1. The number of aryl methyl sites for hydroxylation is 1. The minimum atomic E-state index is -0.770. The van der Waals surface area contributed by atoms with E-state index in [1.54, 1.807) is 17.6 Å². The van der Waals surface area contributed by atoms with Crippen molar-refractivity contribution in [3.63, 3.8) is 0 Å². The number of hydrogen-bond acceptors (Lipinski definition) is 4. The normalized spacial score (nSPS) is 17.0. The van der Waals surface area contributed by atoms with Crippen LogP contribution in [0.25, 0.3) is 10.9 Å². The number of para-hydroxylation sites is 1. The second-order valence-corrected chi connectivity index (χ2v) is 5.32. The van der Waals surface area contributed by atoms with Crippen LogP contribution in [-0.4, -0.2) is 22.2 Å². The van der Waals surface area contributed by atoms with Crippen molar-refractivity contribution in [1.29, 1.82) is 0 Å². The summed E-state index contributed by atoms with van der Waals surface area (Å²) in [6, 6.07) is 5.50. The number of aromatic hydroxyl groups is 1. The maximum atomic E-state index is 12.6. The molecule has 0 aliphatic carbocycles. The Hall–Kier alpha value is -2.30. The lowest BCUT2D eigenvalue weighted by atomic mass is 9.95. The van der Waals surface area contributed by atoms with E-state index in [2.05, 4.69) is 0 Å². The SMILES string of the molecule is CCOC(=O)c1c(O)c2cccc3c2n(c1=O)C(C)CC3. The summed E-state index contributed by atoms with van der Waals surface area (Å²) in [4.78, 5) is 24.7. The average Bonchev–Trinajstić information content (AvgIpc) is 2.46.